The fraction of sp³-hybridized carbons (Fsp3) is 0.273. The molecule has 0 saturated carbocycles. The van der Waals surface area contributed by atoms with Gasteiger partial charge >= 0.3 is 0 Å². The number of nitrogens with zero attached hydrogens (tertiary/aromatic N) is 3. The van der Waals surface area contributed by atoms with Gasteiger partial charge in [0.2, 0.25) is 0 Å². The second kappa shape index (κ2) is 9.51. The lowest BCUT2D eigenvalue weighted by atomic mass is 10.2. The van der Waals surface area contributed by atoms with Gasteiger partial charge in [0.1, 0.15) is 0 Å². The maximum atomic E-state index is 4.67. The van der Waals surface area contributed by atoms with Crippen LogP contribution in [0.3, 0.4) is 0 Å². The lowest BCUT2D eigenvalue weighted by Crippen LogP contribution is -2.26. The van der Waals surface area contributed by atoms with E-state index >= 15 is 0 Å². The molecule has 0 amide bonds. The largest absolute Gasteiger partial charge is 0.291 e. The van der Waals surface area contributed by atoms with Crippen LogP contribution in [0, 0.1) is 13.8 Å². The number of rotatable bonds is 8. The molecule has 3 rings (SSSR count). The molecular weight excluding hydrogens is 338 g/mol. The van der Waals surface area contributed by atoms with Gasteiger partial charge in [-0.2, -0.15) is 0 Å². The molecule has 0 radical (unpaired) electrons. The van der Waals surface area contributed by atoms with E-state index in [4.69, 9.17) is 0 Å². The molecule has 4 heteroatoms. The molecule has 0 aliphatic carbocycles. The number of thioether (sulfide) groups is 1. The van der Waals surface area contributed by atoms with E-state index < -0.39 is 0 Å². The average molecular weight is 364 g/mol. The highest BCUT2D eigenvalue weighted by Crippen LogP contribution is 2.18. The molecule has 0 N–H and O–H groups in total. The first-order chi connectivity index (χ1) is 12.7. The minimum absolute atomic E-state index is 0.840. The van der Waals surface area contributed by atoms with Crippen LogP contribution in [0.1, 0.15) is 22.8 Å². The zero-order valence-corrected chi connectivity index (χ0v) is 16.2. The molecule has 3 nitrogen and oxygen atoms in total. The number of pyridine rings is 2. The molecule has 0 saturated heterocycles. The van der Waals surface area contributed by atoms with Crippen LogP contribution in [0.25, 0.3) is 0 Å². The number of hydrogen-bond donors (Lipinski definition) is 0. The van der Waals surface area contributed by atoms with Gasteiger partial charge in [-0.15, -0.1) is 11.8 Å². The van der Waals surface area contributed by atoms with Gasteiger partial charge in [-0.05, 0) is 50.2 Å². The zero-order chi connectivity index (χ0) is 18.2. The van der Waals surface area contributed by atoms with Crippen LogP contribution in [-0.2, 0) is 13.1 Å². The summed E-state index contributed by atoms with van der Waals surface area (Å²) in [5, 5.41) is 0. The lowest BCUT2D eigenvalue weighted by molar-refractivity contribution is 0.267. The summed E-state index contributed by atoms with van der Waals surface area (Å²) in [7, 11) is 0. The summed E-state index contributed by atoms with van der Waals surface area (Å²) in [6.45, 7) is 6.76. The second-order valence-electron chi connectivity index (χ2n) is 6.41. The Hall–Kier alpha value is -2.17. The van der Waals surface area contributed by atoms with Crippen LogP contribution in [0.4, 0.5) is 0 Å². The first-order valence-corrected chi connectivity index (χ1v) is 9.93. The van der Waals surface area contributed by atoms with Gasteiger partial charge in [-0.25, -0.2) is 0 Å². The third-order valence-electron chi connectivity index (χ3n) is 4.08. The fourth-order valence-electron chi connectivity index (χ4n) is 2.86. The van der Waals surface area contributed by atoms with Crippen LogP contribution < -0.4 is 0 Å². The molecule has 26 heavy (non-hydrogen) atoms. The highest BCUT2D eigenvalue weighted by Gasteiger charge is 2.10. The molecule has 0 spiro atoms. The molecule has 0 bridgehead atoms. The van der Waals surface area contributed by atoms with Crippen molar-refractivity contribution in [2.45, 2.75) is 31.8 Å². The highest BCUT2D eigenvalue weighted by molar-refractivity contribution is 7.99. The Bertz CT molecular complexity index is 773. The number of aryl methyl sites for hydroxylation is 2. The Morgan fingerprint density at radius 1 is 0.731 bits per heavy atom. The maximum absolute atomic E-state index is 4.67. The number of hydrogen-bond acceptors (Lipinski definition) is 4. The van der Waals surface area contributed by atoms with Crippen molar-refractivity contribution in [1.29, 1.82) is 0 Å². The monoisotopic (exact) mass is 363 g/mol. The van der Waals surface area contributed by atoms with Gasteiger partial charge in [0.15, 0.2) is 0 Å². The minimum atomic E-state index is 0.840. The van der Waals surface area contributed by atoms with Gasteiger partial charge in [0.05, 0.1) is 11.4 Å². The Morgan fingerprint density at radius 3 is 1.85 bits per heavy atom. The molecular formula is C22H25N3S. The van der Waals surface area contributed by atoms with Crippen molar-refractivity contribution in [2.75, 3.05) is 12.3 Å². The predicted octanol–water partition coefficient (Wildman–Crippen LogP) is 4.89. The first-order valence-electron chi connectivity index (χ1n) is 8.94. The third-order valence-corrected chi connectivity index (χ3v) is 5.07. The summed E-state index contributed by atoms with van der Waals surface area (Å²) in [4.78, 5) is 13.1. The number of benzene rings is 1. The van der Waals surface area contributed by atoms with E-state index in [0.29, 0.717) is 0 Å². The predicted molar refractivity (Wildman–Crippen MR) is 109 cm³/mol. The Kier molecular flexibility index (Phi) is 6.81. The van der Waals surface area contributed by atoms with Crippen LogP contribution >= 0.6 is 11.8 Å². The van der Waals surface area contributed by atoms with Crippen LogP contribution in [0.15, 0.2) is 71.6 Å². The molecule has 0 aliphatic heterocycles. The summed E-state index contributed by atoms with van der Waals surface area (Å²) >= 11 is 1.89. The zero-order valence-electron chi connectivity index (χ0n) is 15.4. The van der Waals surface area contributed by atoms with E-state index in [-0.39, 0.29) is 0 Å². The summed E-state index contributed by atoms with van der Waals surface area (Å²) in [5.74, 6) is 1.04. The minimum Gasteiger partial charge on any atom is -0.291 e. The molecule has 0 atom stereocenters. The molecule has 2 heterocycles. The second-order valence-corrected chi connectivity index (χ2v) is 7.58. The lowest BCUT2D eigenvalue weighted by Gasteiger charge is -2.22. The van der Waals surface area contributed by atoms with E-state index in [9.17, 15) is 0 Å². The average Bonchev–Trinajstić information content (AvgIpc) is 2.62. The quantitative estimate of drug-likeness (QED) is 0.533. The van der Waals surface area contributed by atoms with Gasteiger partial charge < -0.3 is 0 Å². The highest BCUT2D eigenvalue weighted by atomic mass is 32.2. The fourth-order valence-corrected chi connectivity index (χ4v) is 3.79. The normalized spacial score (nSPS) is 11.0. The Balaban J connectivity index is 1.66. The summed E-state index contributed by atoms with van der Waals surface area (Å²) in [6.07, 6.45) is 0. The smallest absolute Gasteiger partial charge is 0.0547 e. The molecule has 0 aliphatic rings. The summed E-state index contributed by atoms with van der Waals surface area (Å²) < 4.78 is 0. The third kappa shape index (κ3) is 5.97. The van der Waals surface area contributed by atoms with E-state index in [1.807, 2.05) is 37.7 Å². The van der Waals surface area contributed by atoms with Crippen molar-refractivity contribution in [2.24, 2.45) is 0 Å². The van der Waals surface area contributed by atoms with Crippen molar-refractivity contribution >= 4 is 11.8 Å². The van der Waals surface area contributed by atoms with Crippen molar-refractivity contribution in [3.05, 3.63) is 89.5 Å². The molecule has 134 valence electrons. The maximum Gasteiger partial charge on any atom is 0.0547 e. The standard InChI is InChI=1S/C22H25N3S/c1-18-8-6-10-20(23-18)16-25(17-21-11-7-9-19(2)24-21)14-15-26-22-12-4-3-5-13-22/h3-13H,14-17H2,1-2H3. The van der Waals surface area contributed by atoms with Crippen molar-refractivity contribution in [3.8, 4) is 0 Å². The van der Waals surface area contributed by atoms with Crippen molar-refractivity contribution in [1.82, 2.24) is 14.9 Å². The van der Waals surface area contributed by atoms with Gasteiger partial charge in [-0.1, -0.05) is 30.3 Å². The Morgan fingerprint density at radius 2 is 1.31 bits per heavy atom. The molecule has 1 aromatic carbocycles. The van der Waals surface area contributed by atoms with E-state index in [2.05, 4.69) is 69.5 Å². The first kappa shape index (κ1) is 18.6. The van der Waals surface area contributed by atoms with Gasteiger partial charge in [0, 0.05) is 41.7 Å². The van der Waals surface area contributed by atoms with Crippen LogP contribution in [-0.4, -0.2) is 27.2 Å². The number of aromatic nitrogens is 2. The topological polar surface area (TPSA) is 29.0 Å². The Labute approximate surface area is 160 Å². The van der Waals surface area contributed by atoms with E-state index in [1.165, 1.54) is 4.90 Å². The molecule has 0 unspecified atom stereocenters. The van der Waals surface area contributed by atoms with Gasteiger partial charge in [0.25, 0.3) is 0 Å². The van der Waals surface area contributed by atoms with Crippen LogP contribution in [0.2, 0.25) is 0 Å². The van der Waals surface area contributed by atoms with E-state index in [1.54, 1.807) is 0 Å². The van der Waals surface area contributed by atoms with Gasteiger partial charge in [-0.3, -0.25) is 14.9 Å². The SMILES string of the molecule is Cc1cccc(CN(CCSc2ccccc2)Cc2cccc(C)n2)n1. The van der Waals surface area contributed by atoms with Crippen molar-refractivity contribution < 1.29 is 0 Å². The molecule has 3 aromatic rings. The van der Waals surface area contributed by atoms with Crippen LogP contribution in [0.5, 0.6) is 0 Å². The molecule has 0 fully saturated rings. The summed E-state index contributed by atoms with van der Waals surface area (Å²) in [5.41, 5.74) is 4.36. The van der Waals surface area contributed by atoms with Crippen molar-refractivity contribution in [3.63, 3.8) is 0 Å². The summed E-state index contributed by atoms with van der Waals surface area (Å²) in [6, 6.07) is 23.0. The molecule has 2 aromatic heterocycles. The van der Waals surface area contributed by atoms with E-state index in [0.717, 1.165) is 48.2 Å².